The van der Waals surface area contributed by atoms with Crippen LogP contribution in [-0.4, -0.2) is 4.98 Å². The van der Waals surface area contributed by atoms with Gasteiger partial charge in [0, 0.05) is 11.6 Å². The quantitative estimate of drug-likeness (QED) is 0.765. The van der Waals surface area contributed by atoms with Gasteiger partial charge in [-0.3, -0.25) is 0 Å². The average Bonchev–Trinajstić information content (AvgIpc) is 2.66. The lowest BCUT2D eigenvalue weighted by molar-refractivity contribution is 0.453. The summed E-state index contributed by atoms with van der Waals surface area (Å²) in [5.74, 6) is -3.70. The molecule has 0 saturated heterocycles. The van der Waals surface area contributed by atoms with Crippen molar-refractivity contribution in [1.29, 1.82) is 0 Å². The molecular formula is C12H12F3N. The summed E-state index contributed by atoms with van der Waals surface area (Å²) in [6.45, 7) is 2.04. The van der Waals surface area contributed by atoms with Crippen molar-refractivity contribution >= 4 is 10.9 Å². The number of aromatic amines is 1. The third-order valence-electron chi connectivity index (χ3n) is 2.70. The smallest absolute Gasteiger partial charge is 0.196 e. The van der Waals surface area contributed by atoms with Crippen LogP contribution in [0.4, 0.5) is 13.2 Å². The lowest BCUT2D eigenvalue weighted by Gasteiger charge is -2.00. The van der Waals surface area contributed by atoms with Crippen molar-refractivity contribution in [2.24, 2.45) is 0 Å². The molecule has 16 heavy (non-hydrogen) atoms. The number of H-pyrrole nitrogens is 1. The minimum atomic E-state index is -1.42. The lowest BCUT2D eigenvalue weighted by atomic mass is 10.1. The second kappa shape index (κ2) is 4.20. The molecule has 1 nitrogen and oxygen atoms in total. The van der Waals surface area contributed by atoms with Gasteiger partial charge in [-0.2, -0.15) is 0 Å². The molecule has 0 aliphatic carbocycles. The Balaban J connectivity index is 2.55. The molecular weight excluding hydrogens is 215 g/mol. The Hall–Kier alpha value is -1.45. The highest BCUT2D eigenvalue weighted by Gasteiger charge is 2.16. The van der Waals surface area contributed by atoms with Gasteiger partial charge in [0.1, 0.15) is 0 Å². The molecule has 2 aromatic rings. The molecule has 1 aromatic heterocycles. The summed E-state index contributed by atoms with van der Waals surface area (Å²) in [7, 11) is 0. The van der Waals surface area contributed by atoms with Gasteiger partial charge < -0.3 is 4.98 Å². The molecule has 1 N–H and O–H groups in total. The van der Waals surface area contributed by atoms with E-state index in [1.165, 1.54) is 0 Å². The van der Waals surface area contributed by atoms with Gasteiger partial charge >= 0.3 is 0 Å². The monoisotopic (exact) mass is 227 g/mol. The maximum atomic E-state index is 13.3. The highest BCUT2D eigenvalue weighted by Crippen LogP contribution is 2.26. The number of hydrogen-bond acceptors (Lipinski definition) is 0. The van der Waals surface area contributed by atoms with E-state index >= 15 is 0 Å². The van der Waals surface area contributed by atoms with Crippen molar-refractivity contribution in [3.05, 3.63) is 35.3 Å². The van der Waals surface area contributed by atoms with Crippen LogP contribution >= 0.6 is 0 Å². The van der Waals surface area contributed by atoms with Crippen LogP contribution in [-0.2, 0) is 6.42 Å². The van der Waals surface area contributed by atoms with Crippen LogP contribution in [0.2, 0.25) is 0 Å². The Bertz CT molecular complexity index is 516. The van der Waals surface area contributed by atoms with Gasteiger partial charge in [0.05, 0.1) is 5.52 Å². The molecule has 0 amide bonds. The molecule has 0 atom stereocenters. The first-order valence-corrected chi connectivity index (χ1v) is 5.28. The summed E-state index contributed by atoms with van der Waals surface area (Å²) in [5, 5.41) is 0.435. The first-order valence-electron chi connectivity index (χ1n) is 5.28. The molecule has 1 aromatic carbocycles. The molecule has 0 aliphatic heterocycles. The Labute approximate surface area is 91.3 Å². The third kappa shape index (κ3) is 1.68. The van der Waals surface area contributed by atoms with Gasteiger partial charge in [0.2, 0.25) is 0 Å². The molecule has 86 valence electrons. The van der Waals surface area contributed by atoms with E-state index in [4.69, 9.17) is 0 Å². The Morgan fingerprint density at radius 1 is 1.19 bits per heavy atom. The maximum Gasteiger partial charge on any atom is 0.196 e. The largest absolute Gasteiger partial charge is 0.358 e. The van der Waals surface area contributed by atoms with Gasteiger partial charge in [-0.1, -0.05) is 13.3 Å². The minimum Gasteiger partial charge on any atom is -0.358 e. The van der Waals surface area contributed by atoms with Gasteiger partial charge in [-0.15, -0.1) is 0 Å². The topological polar surface area (TPSA) is 15.8 Å². The van der Waals surface area contributed by atoms with Crippen molar-refractivity contribution in [3.8, 4) is 0 Å². The Morgan fingerprint density at radius 2 is 1.94 bits per heavy atom. The zero-order valence-corrected chi connectivity index (χ0v) is 8.91. The molecule has 0 fully saturated rings. The molecule has 0 aliphatic rings. The zero-order valence-electron chi connectivity index (χ0n) is 8.91. The molecule has 1 heterocycles. The van der Waals surface area contributed by atoms with Crippen molar-refractivity contribution in [3.63, 3.8) is 0 Å². The van der Waals surface area contributed by atoms with Crippen LogP contribution < -0.4 is 0 Å². The van der Waals surface area contributed by atoms with E-state index in [0.29, 0.717) is 5.39 Å². The summed E-state index contributed by atoms with van der Waals surface area (Å²) in [6.07, 6.45) is 4.29. The van der Waals surface area contributed by atoms with Crippen LogP contribution in [0.15, 0.2) is 12.3 Å². The van der Waals surface area contributed by atoms with E-state index in [1.807, 2.05) is 6.92 Å². The molecule has 0 radical (unpaired) electrons. The van der Waals surface area contributed by atoms with Crippen LogP contribution in [0.3, 0.4) is 0 Å². The van der Waals surface area contributed by atoms with Gasteiger partial charge in [-0.25, -0.2) is 13.2 Å². The van der Waals surface area contributed by atoms with E-state index in [-0.39, 0.29) is 5.52 Å². The molecule has 0 saturated carbocycles. The fourth-order valence-corrected chi connectivity index (χ4v) is 1.80. The maximum absolute atomic E-state index is 13.3. The van der Waals surface area contributed by atoms with E-state index in [0.717, 1.165) is 30.9 Å². The number of halogens is 3. The first kappa shape index (κ1) is 11.0. The normalized spacial score (nSPS) is 11.2. The van der Waals surface area contributed by atoms with Crippen LogP contribution in [0.5, 0.6) is 0 Å². The van der Waals surface area contributed by atoms with Gasteiger partial charge in [-0.05, 0) is 24.5 Å². The van der Waals surface area contributed by atoms with Crippen LogP contribution in [0.25, 0.3) is 10.9 Å². The summed E-state index contributed by atoms with van der Waals surface area (Å²) >= 11 is 0. The number of nitrogens with one attached hydrogen (secondary N) is 1. The molecule has 0 spiro atoms. The lowest BCUT2D eigenvalue weighted by Crippen LogP contribution is -1.92. The van der Waals surface area contributed by atoms with Crippen LogP contribution in [0.1, 0.15) is 25.3 Å². The fraction of sp³-hybridized carbons (Fsp3) is 0.333. The number of hydrogen-bond donors (Lipinski definition) is 1. The highest BCUT2D eigenvalue weighted by molar-refractivity contribution is 5.83. The highest BCUT2D eigenvalue weighted by atomic mass is 19.2. The first-order chi connectivity index (χ1) is 7.65. The predicted octanol–water partition coefficient (Wildman–Crippen LogP) is 3.93. The van der Waals surface area contributed by atoms with E-state index in [9.17, 15) is 13.2 Å². The van der Waals surface area contributed by atoms with Crippen LogP contribution in [0, 0.1) is 17.5 Å². The van der Waals surface area contributed by atoms with E-state index < -0.39 is 17.5 Å². The Morgan fingerprint density at radius 3 is 2.62 bits per heavy atom. The second-order valence-corrected chi connectivity index (χ2v) is 3.83. The third-order valence-corrected chi connectivity index (χ3v) is 2.70. The number of rotatable bonds is 3. The predicted molar refractivity (Wildman–Crippen MR) is 56.8 cm³/mol. The van der Waals surface area contributed by atoms with E-state index in [1.54, 1.807) is 6.20 Å². The van der Waals surface area contributed by atoms with Crippen molar-refractivity contribution in [1.82, 2.24) is 4.98 Å². The number of benzene rings is 1. The summed E-state index contributed by atoms with van der Waals surface area (Å²) in [6, 6.07) is 1.05. The van der Waals surface area contributed by atoms with Crippen molar-refractivity contribution in [2.45, 2.75) is 26.2 Å². The minimum absolute atomic E-state index is 0.0463. The SMILES string of the molecule is CCCCc1c[nH]c2c(F)c(F)c(F)cc12. The number of unbranched alkanes of at least 4 members (excludes halogenated alkanes) is 1. The van der Waals surface area contributed by atoms with E-state index in [2.05, 4.69) is 4.98 Å². The fourth-order valence-electron chi connectivity index (χ4n) is 1.80. The molecule has 4 heteroatoms. The average molecular weight is 227 g/mol. The number of aromatic nitrogens is 1. The summed E-state index contributed by atoms with van der Waals surface area (Å²) < 4.78 is 39.4. The standard InChI is InChI=1S/C12H12F3N/c1-2-3-4-7-6-16-12-8(7)5-9(13)10(14)11(12)15/h5-6,16H,2-4H2,1H3. The summed E-state index contributed by atoms with van der Waals surface area (Å²) in [4.78, 5) is 2.65. The number of aryl methyl sites for hydroxylation is 1. The van der Waals surface area contributed by atoms with Crippen molar-refractivity contribution in [2.75, 3.05) is 0 Å². The summed E-state index contributed by atoms with van der Waals surface area (Å²) in [5.41, 5.74) is 0.875. The van der Waals surface area contributed by atoms with Gasteiger partial charge in [0.25, 0.3) is 0 Å². The van der Waals surface area contributed by atoms with Crippen molar-refractivity contribution < 1.29 is 13.2 Å². The molecule has 2 rings (SSSR count). The zero-order chi connectivity index (χ0) is 11.7. The second-order valence-electron chi connectivity index (χ2n) is 3.83. The Kier molecular flexibility index (Phi) is 2.90. The van der Waals surface area contributed by atoms with Gasteiger partial charge in [0.15, 0.2) is 17.5 Å². The number of fused-ring (bicyclic) bond motifs is 1. The molecule has 0 bridgehead atoms. The molecule has 0 unspecified atom stereocenters.